The molecular weight excluding hydrogens is 391 g/mol. The predicted molar refractivity (Wildman–Crippen MR) is 99.9 cm³/mol. The minimum atomic E-state index is -4.90. The van der Waals surface area contributed by atoms with Crippen LogP contribution in [0, 0.1) is 25.5 Å². The number of benzene rings is 3. The van der Waals surface area contributed by atoms with E-state index in [1.54, 1.807) is 31.2 Å². The molecule has 0 N–H and O–H groups in total. The Kier molecular flexibility index (Phi) is 5.50. The molecule has 3 aromatic carbocycles. The summed E-state index contributed by atoms with van der Waals surface area (Å²) in [5.74, 6) is -1.54. The molecule has 7 heteroatoms. The summed E-state index contributed by atoms with van der Waals surface area (Å²) in [5.41, 5.74) is 2.45. The maximum absolute atomic E-state index is 14.4. The van der Waals surface area contributed by atoms with Crippen molar-refractivity contribution in [1.29, 1.82) is 0 Å². The minimum Gasteiger partial charge on any atom is -0.496 e. The Morgan fingerprint density at radius 2 is 1.34 bits per heavy atom. The Hall–Kier alpha value is -3.09. The first-order valence-electron chi connectivity index (χ1n) is 8.60. The molecule has 2 nitrogen and oxygen atoms in total. The molecule has 0 radical (unpaired) electrons. The predicted octanol–water partition coefficient (Wildman–Crippen LogP) is 6.82. The molecule has 0 bridgehead atoms. The lowest BCUT2D eigenvalue weighted by molar-refractivity contribution is -0.274. The maximum Gasteiger partial charge on any atom is 0.573 e. The van der Waals surface area contributed by atoms with Gasteiger partial charge < -0.3 is 9.47 Å². The highest BCUT2D eigenvalue weighted by Gasteiger charge is 2.31. The SMILES string of the molecule is COc1cc(-c2cc(C)ccc2F)c(C)cc1-c1cc(OC(F)(F)F)ccc1F. The molecule has 0 aromatic heterocycles. The Morgan fingerprint density at radius 1 is 0.724 bits per heavy atom. The zero-order chi connectivity index (χ0) is 21.3. The summed E-state index contributed by atoms with van der Waals surface area (Å²) in [5, 5.41) is 0. The molecule has 0 unspecified atom stereocenters. The van der Waals surface area contributed by atoms with Crippen LogP contribution >= 0.6 is 0 Å². The molecule has 0 aliphatic rings. The molecule has 29 heavy (non-hydrogen) atoms. The van der Waals surface area contributed by atoms with E-state index < -0.39 is 23.7 Å². The summed E-state index contributed by atoms with van der Waals surface area (Å²) in [6, 6.07) is 10.5. The third-order valence-electron chi connectivity index (χ3n) is 4.42. The van der Waals surface area contributed by atoms with Crippen molar-refractivity contribution in [3.8, 4) is 33.8 Å². The van der Waals surface area contributed by atoms with Gasteiger partial charge in [0, 0.05) is 16.7 Å². The van der Waals surface area contributed by atoms with E-state index in [0.717, 1.165) is 23.8 Å². The number of methoxy groups -OCH3 is 1. The van der Waals surface area contributed by atoms with Crippen LogP contribution in [0.3, 0.4) is 0 Å². The zero-order valence-corrected chi connectivity index (χ0v) is 15.8. The Balaban J connectivity index is 2.16. The number of halogens is 5. The summed E-state index contributed by atoms with van der Waals surface area (Å²) < 4.78 is 75.5. The topological polar surface area (TPSA) is 18.5 Å². The second kappa shape index (κ2) is 7.73. The lowest BCUT2D eigenvalue weighted by Crippen LogP contribution is -2.17. The normalized spacial score (nSPS) is 11.4. The second-order valence-corrected chi connectivity index (χ2v) is 6.54. The summed E-state index contributed by atoms with van der Waals surface area (Å²) in [6.07, 6.45) is -4.90. The fourth-order valence-electron chi connectivity index (χ4n) is 3.11. The first-order valence-corrected chi connectivity index (χ1v) is 8.60. The van der Waals surface area contributed by atoms with E-state index in [4.69, 9.17) is 4.74 Å². The van der Waals surface area contributed by atoms with Crippen molar-refractivity contribution in [2.75, 3.05) is 7.11 Å². The molecule has 0 saturated carbocycles. The standard InChI is InChI=1S/C22H17F5O2/c1-12-4-6-19(23)16(8-12)15-11-21(28-3)18(9-13(15)2)17-10-14(5-7-20(17)24)29-22(25,26)27/h4-11H,1-3H3. The molecule has 0 aliphatic carbocycles. The zero-order valence-electron chi connectivity index (χ0n) is 15.8. The molecule has 3 aromatic rings. The van der Waals surface area contributed by atoms with Crippen molar-refractivity contribution in [2.24, 2.45) is 0 Å². The number of aryl methyl sites for hydroxylation is 2. The van der Waals surface area contributed by atoms with E-state index in [1.165, 1.54) is 13.2 Å². The molecule has 0 heterocycles. The van der Waals surface area contributed by atoms with Crippen molar-refractivity contribution in [3.05, 3.63) is 71.3 Å². The van der Waals surface area contributed by atoms with Gasteiger partial charge in [0.2, 0.25) is 0 Å². The van der Waals surface area contributed by atoms with Crippen LogP contribution in [0.2, 0.25) is 0 Å². The van der Waals surface area contributed by atoms with Gasteiger partial charge in [-0.1, -0.05) is 11.6 Å². The lowest BCUT2D eigenvalue weighted by atomic mass is 9.93. The average Bonchev–Trinajstić information content (AvgIpc) is 2.64. The van der Waals surface area contributed by atoms with Crippen molar-refractivity contribution < 1.29 is 31.4 Å². The monoisotopic (exact) mass is 408 g/mol. The molecule has 0 atom stereocenters. The Bertz CT molecular complexity index is 1060. The highest BCUT2D eigenvalue weighted by atomic mass is 19.4. The largest absolute Gasteiger partial charge is 0.573 e. The van der Waals surface area contributed by atoms with Gasteiger partial charge in [-0.05, 0) is 67.4 Å². The quantitative estimate of drug-likeness (QED) is 0.441. The van der Waals surface area contributed by atoms with Crippen LogP contribution < -0.4 is 9.47 Å². The summed E-state index contributed by atoms with van der Waals surface area (Å²) in [7, 11) is 1.35. The van der Waals surface area contributed by atoms with E-state index in [9.17, 15) is 22.0 Å². The van der Waals surface area contributed by atoms with Gasteiger partial charge in [-0.3, -0.25) is 0 Å². The minimum absolute atomic E-state index is 0.122. The highest BCUT2D eigenvalue weighted by Crippen LogP contribution is 2.40. The van der Waals surface area contributed by atoms with Crippen molar-refractivity contribution in [2.45, 2.75) is 20.2 Å². The summed E-state index contributed by atoms with van der Waals surface area (Å²) in [4.78, 5) is 0. The van der Waals surface area contributed by atoms with Crippen LogP contribution in [0.1, 0.15) is 11.1 Å². The van der Waals surface area contributed by atoms with Crippen LogP contribution in [-0.4, -0.2) is 13.5 Å². The van der Waals surface area contributed by atoms with Crippen LogP contribution in [0.25, 0.3) is 22.3 Å². The van der Waals surface area contributed by atoms with Gasteiger partial charge in [0.15, 0.2) is 0 Å². The molecule has 0 fully saturated rings. The highest BCUT2D eigenvalue weighted by molar-refractivity contribution is 5.80. The van der Waals surface area contributed by atoms with E-state index in [-0.39, 0.29) is 16.9 Å². The van der Waals surface area contributed by atoms with Gasteiger partial charge in [-0.15, -0.1) is 13.2 Å². The fraction of sp³-hybridized carbons (Fsp3) is 0.182. The summed E-state index contributed by atoms with van der Waals surface area (Å²) >= 11 is 0. The number of rotatable bonds is 4. The van der Waals surface area contributed by atoms with Gasteiger partial charge in [0.05, 0.1) is 7.11 Å². The number of alkyl halides is 3. The Labute approximate surface area is 164 Å². The van der Waals surface area contributed by atoms with E-state index in [0.29, 0.717) is 16.7 Å². The van der Waals surface area contributed by atoms with Crippen LogP contribution in [0.15, 0.2) is 48.5 Å². The third-order valence-corrected chi connectivity index (χ3v) is 4.42. The van der Waals surface area contributed by atoms with Gasteiger partial charge in [-0.2, -0.15) is 0 Å². The van der Waals surface area contributed by atoms with Gasteiger partial charge in [-0.25, -0.2) is 8.78 Å². The molecule has 152 valence electrons. The molecular formula is C22H17F5O2. The summed E-state index contributed by atoms with van der Waals surface area (Å²) in [6.45, 7) is 3.53. The van der Waals surface area contributed by atoms with Crippen molar-refractivity contribution >= 4 is 0 Å². The number of ether oxygens (including phenoxy) is 2. The molecule has 0 aliphatic heterocycles. The van der Waals surface area contributed by atoms with E-state index in [2.05, 4.69) is 4.74 Å². The number of hydrogen-bond donors (Lipinski definition) is 0. The van der Waals surface area contributed by atoms with Crippen LogP contribution in [-0.2, 0) is 0 Å². The third kappa shape index (κ3) is 4.50. The van der Waals surface area contributed by atoms with Crippen molar-refractivity contribution in [3.63, 3.8) is 0 Å². The lowest BCUT2D eigenvalue weighted by Gasteiger charge is -2.16. The number of hydrogen-bond acceptors (Lipinski definition) is 2. The maximum atomic E-state index is 14.4. The first kappa shape index (κ1) is 20.6. The molecule has 3 rings (SSSR count). The van der Waals surface area contributed by atoms with Gasteiger partial charge >= 0.3 is 6.36 Å². The fourth-order valence-corrected chi connectivity index (χ4v) is 3.11. The molecule has 0 saturated heterocycles. The molecule has 0 amide bonds. The van der Waals surface area contributed by atoms with Gasteiger partial charge in [0.25, 0.3) is 0 Å². The molecule has 0 spiro atoms. The van der Waals surface area contributed by atoms with E-state index in [1.807, 2.05) is 6.92 Å². The van der Waals surface area contributed by atoms with Crippen molar-refractivity contribution in [1.82, 2.24) is 0 Å². The Morgan fingerprint density at radius 3 is 1.97 bits per heavy atom. The van der Waals surface area contributed by atoms with Crippen LogP contribution in [0.4, 0.5) is 22.0 Å². The van der Waals surface area contributed by atoms with E-state index >= 15 is 0 Å². The first-order chi connectivity index (χ1) is 13.6. The second-order valence-electron chi connectivity index (χ2n) is 6.54. The average molecular weight is 408 g/mol. The smallest absolute Gasteiger partial charge is 0.496 e. The van der Waals surface area contributed by atoms with Crippen LogP contribution in [0.5, 0.6) is 11.5 Å². The van der Waals surface area contributed by atoms with Gasteiger partial charge in [0.1, 0.15) is 23.1 Å².